The van der Waals surface area contributed by atoms with Gasteiger partial charge in [-0.15, -0.1) is 0 Å². The highest BCUT2D eigenvalue weighted by atomic mass is 33.1. The number of hydrogen-bond donors (Lipinski definition) is 2. The van der Waals surface area contributed by atoms with Crippen molar-refractivity contribution >= 4 is 26.8 Å². The Morgan fingerprint density at radius 1 is 1.73 bits per heavy atom. The van der Waals surface area contributed by atoms with Crippen molar-refractivity contribution in [3.8, 4) is 0 Å². The van der Waals surface area contributed by atoms with Crippen molar-refractivity contribution in [3.05, 3.63) is 24.2 Å². The number of nitrogens with one attached hydrogen (secondary N) is 1. The Bertz CT molecular complexity index is 222. The van der Waals surface area contributed by atoms with Crippen molar-refractivity contribution in [3.63, 3.8) is 0 Å². The topological polar surface area (TPSA) is 63.0 Å². The zero-order valence-corrected chi connectivity index (χ0v) is 7.37. The van der Waals surface area contributed by atoms with Crippen molar-refractivity contribution in [1.29, 1.82) is 5.41 Å². The summed E-state index contributed by atoms with van der Waals surface area (Å²) in [6.45, 7) is 0. The van der Waals surface area contributed by atoms with Crippen LogP contribution in [0.3, 0.4) is 0 Å². The molecule has 1 aromatic rings. The lowest BCUT2D eigenvalue weighted by molar-refractivity contribution is 0.530. The van der Waals surface area contributed by atoms with E-state index in [9.17, 15) is 0 Å². The van der Waals surface area contributed by atoms with Crippen molar-refractivity contribution in [2.75, 3.05) is 0 Å². The number of amidine groups is 1. The zero-order chi connectivity index (χ0) is 8.10. The lowest BCUT2D eigenvalue weighted by Gasteiger charge is -1.94. The third-order valence-electron chi connectivity index (χ3n) is 0.930. The van der Waals surface area contributed by atoms with Gasteiger partial charge in [-0.25, -0.2) is 0 Å². The normalized spacial score (nSPS) is 9.82. The smallest absolute Gasteiger partial charge is 0.161 e. The van der Waals surface area contributed by atoms with Crippen LogP contribution in [0.1, 0.15) is 5.76 Å². The molecule has 0 aliphatic carbocycles. The van der Waals surface area contributed by atoms with Crippen molar-refractivity contribution in [2.45, 2.75) is 5.75 Å². The first-order chi connectivity index (χ1) is 5.29. The van der Waals surface area contributed by atoms with E-state index in [0.29, 0.717) is 0 Å². The minimum atomic E-state index is 0.126. The van der Waals surface area contributed by atoms with E-state index < -0.39 is 0 Å². The maximum Gasteiger partial charge on any atom is 0.161 e. The van der Waals surface area contributed by atoms with Gasteiger partial charge in [0.25, 0.3) is 0 Å². The maximum absolute atomic E-state index is 6.91. The first-order valence-electron chi connectivity index (χ1n) is 2.95. The highest BCUT2D eigenvalue weighted by Gasteiger charge is 1.96. The molecule has 0 aliphatic rings. The Hall–Kier alpha value is -0.550. The summed E-state index contributed by atoms with van der Waals surface area (Å²) >= 11 is 0. The van der Waals surface area contributed by atoms with Gasteiger partial charge in [0.2, 0.25) is 0 Å². The van der Waals surface area contributed by atoms with Crippen LogP contribution in [0.15, 0.2) is 22.8 Å². The van der Waals surface area contributed by atoms with Crippen LogP contribution in [0.25, 0.3) is 0 Å². The molecule has 3 nitrogen and oxygen atoms in total. The van der Waals surface area contributed by atoms with Crippen LogP contribution in [0.5, 0.6) is 0 Å². The third-order valence-corrected chi connectivity index (χ3v) is 2.88. The molecule has 11 heavy (non-hydrogen) atoms. The van der Waals surface area contributed by atoms with E-state index in [2.05, 4.69) is 0 Å². The van der Waals surface area contributed by atoms with Crippen LogP contribution < -0.4 is 5.73 Å². The fourth-order valence-corrected chi connectivity index (χ4v) is 1.92. The highest BCUT2D eigenvalue weighted by molar-refractivity contribution is 8.81. The van der Waals surface area contributed by atoms with Gasteiger partial charge in [-0.2, -0.15) is 0 Å². The van der Waals surface area contributed by atoms with E-state index in [-0.39, 0.29) is 5.17 Å². The van der Waals surface area contributed by atoms with Gasteiger partial charge in [0.05, 0.1) is 12.0 Å². The second-order valence-electron chi connectivity index (χ2n) is 1.79. The Morgan fingerprint density at radius 2 is 2.55 bits per heavy atom. The van der Waals surface area contributed by atoms with E-state index in [1.807, 2.05) is 12.1 Å². The Morgan fingerprint density at radius 3 is 3.09 bits per heavy atom. The molecule has 0 unspecified atom stereocenters. The van der Waals surface area contributed by atoms with Crippen molar-refractivity contribution < 1.29 is 4.42 Å². The summed E-state index contributed by atoms with van der Waals surface area (Å²) in [7, 11) is 2.74. The van der Waals surface area contributed by atoms with Crippen LogP contribution in [-0.2, 0) is 5.75 Å². The predicted octanol–water partition coefficient (Wildman–Crippen LogP) is 2.05. The molecule has 0 aliphatic heterocycles. The summed E-state index contributed by atoms with van der Waals surface area (Å²) in [4.78, 5) is 0. The van der Waals surface area contributed by atoms with Gasteiger partial charge < -0.3 is 10.2 Å². The summed E-state index contributed by atoms with van der Waals surface area (Å²) in [6, 6.07) is 3.74. The first kappa shape index (κ1) is 8.55. The molecule has 1 heterocycles. The molecule has 0 atom stereocenters. The lowest BCUT2D eigenvalue weighted by Crippen LogP contribution is -2.00. The van der Waals surface area contributed by atoms with Gasteiger partial charge in [0.1, 0.15) is 5.76 Å². The van der Waals surface area contributed by atoms with Crippen molar-refractivity contribution in [2.24, 2.45) is 5.73 Å². The first-order valence-corrected chi connectivity index (χ1v) is 5.27. The molecule has 0 amide bonds. The van der Waals surface area contributed by atoms with Gasteiger partial charge >= 0.3 is 0 Å². The number of rotatable bonds is 3. The quantitative estimate of drug-likeness (QED) is 0.433. The van der Waals surface area contributed by atoms with Crippen LogP contribution in [0.2, 0.25) is 0 Å². The number of furan rings is 1. The molecule has 5 heteroatoms. The molecule has 0 radical (unpaired) electrons. The summed E-state index contributed by atoms with van der Waals surface area (Å²) in [6.07, 6.45) is 1.63. The molecule has 1 rings (SSSR count). The fourth-order valence-electron chi connectivity index (χ4n) is 0.546. The lowest BCUT2D eigenvalue weighted by atomic mass is 10.5. The van der Waals surface area contributed by atoms with Gasteiger partial charge in [-0.3, -0.25) is 5.41 Å². The fraction of sp³-hybridized carbons (Fsp3) is 0.167. The van der Waals surface area contributed by atoms with Crippen LogP contribution in [0.4, 0.5) is 0 Å². The van der Waals surface area contributed by atoms with E-state index >= 15 is 0 Å². The molecule has 0 bridgehead atoms. The summed E-state index contributed by atoms with van der Waals surface area (Å²) in [5.41, 5.74) is 5.13. The average molecular weight is 188 g/mol. The van der Waals surface area contributed by atoms with Crippen LogP contribution in [0, 0.1) is 5.41 Å². The molecule has 0 saturated carbocycles. The van der Waals surface area contributed by atoms with Crippen LogP contribution in [-0.4, -0.2) is 5.17 Å². The molecule has 1 aromatic heterocycles. The molecule has 60 valence electrons. The second kappa shape index (κ2) is 4.35. The highest BCUT2D eigenvalue weighted by Crippen LogP contribution is 2.24. The molecule has 3 N–H and O–H groups in total. The number of nitrogens with two attached hydrogens (primary N) is 1. The average Bonchev–Trinajstić information content (AvgIpc) is 2.39. The van der Waals surface area contributed by atoms with Crippen LogP contribution >= 0.6 is 21.6 Å². The molecular formula is C6H8N2OS2. The minimum absolute atomic E-state index is 0.126. The standard InChI is InChI=1S/C6H8N2OS2/c7-6(8)11-10-4-5-2-1-3-9-5/h1-3H,4H2,(H3,7,8). The van der Waals surface area contributed by atoms with Crippen molar-refractivity contribution in [1.82, 2.24) is 0 Å². The largest absolute Gasteiger partial charge is 0.468 e. The predicted molar refractivity (Wildman–Crippen MR) is 49.5 cm³/mol. The Kier molecular flexibility index (Phi) is 3.38. The van der Waals surface area contributed by atoms with E-state index in [1.54, 1.807) is 6.26 Å². The monoisotopic (exact) mass is 188 g/mol. The molecule has 0 spiro atoms. The zero-order valence-electron chi connectivity index (χ0n) is 5.74. The van der Waals surface area contributed by atoms with Gasteiger partial charge in [0.15, 0.2) is 5.17 Å². The SMILES string of the molecule is N=C(N)SSCc1ccco1. The molecule has 0 fully saturated rings. The maximum atomic E-state index is 6.91. The third kappa shape index (κ3) is 3.38. The Balaban J connectivity index is 2.19. The summed E-state index contributed by atoms with van der Waals surface area (Å²) in [5.74, 6) is 1.65. The Labute approximate surface area is 72.6 Å². The van der Waals surface area contributed by atoms with Gasteiger partial charge in [0, 0.05) is 0 Å². The number of hydrogen-bond acceptors (Lipinski definition) is 4. The van der Waals surface area contributed by atoms with Gasteiger partial charge in [-0.1, -0.05) is 10.8 Å². The molecule has 0 saturated heterocycles. The molecular weight excluding hydrogens is 180 g/mol. The van der Waals surface area contributed by atoms with E-state index in [1.165, 1.54) is 21.6 Å². The molecule has 0 aromatic carbocycles. The van der Waals surface area contributed by atoms with Gasteiger partial charge in [-0.05, 0) is 22.9 Å². The minimum Gasteiger partial charge on any atom is -0.468 e. The summed E-state index contributed by atoms with van der Waals surface area (Å²) < 4.78 is 5.07. The van der Waals surface area contributed by atoms with E-state index in [0.717, 1.165) is 11.5 Å². The second-order valence-corrected chi connectivity index (χ2v) is 4.13. The van der Waals surface area contributed by atoms with E-state index in [4.69, 9.17) is 15.6 Å². The summed E-state index contributed by atoms with van der Waals surface area (Å²) in [5, 5.41) is 7.04.